The Balaban J connectivity index is 2.18. The Labute approximate surface area is 150 Å². The first kappa shape index (κ1) is 19.3. The number of ketones is 1. The second-order valence-electron chi connectivity index (χ2n) is 7.39. The number of Topliss-reactive ketones (excluding diaryl/α,β-unsaturated/α-hetero) is 1. The zero-order valence-corrected chi connectivity index (χ0v) is 15.9. The summed E-state index contributed by atoms with van der Waals surface area (Å²) in [6, 6.07) is 8.06. The third kappa shape index (κ3) is 4.95. The maximum atomic E-state index is 12.6. The SMILES string of the molecule is COCc1cncc(-c2ccc(C(C)(C)C(=O)CCC(C)C)cc2)n1. The van der Waals surface area contributed by atoms with E-state index in [4.69, 9.17) is 4.74 Å². The van der Waals surface area contributed by atoms with Gasteiger partial charge in [0.15, 0.2) is 0 Å². The molecule has 0 saturated heterocycles. The van der Waals surface area contributed by atoms with Crippen molar-refractivity contribution in [2.24, 2.45) is 5.92 Å². The van der Waals surface area contributed by atoms with E-state index in [9.17, 15) is 4.79 Å². The van der Waals surface area contributed by atoms with Gasteiger partial charge in [-0.05, 0) is 31.7 Å². The van der Waals surface area contributed by atoms with Crippen molar-refractivity contribution in [3.63, 3.8) is 0 Å². The maximum Gasteiger partial charge on any atom is 0.142 e. The summed E-state index contributed by atoms with van der Waals surface area (Å²) in [5, 5.41) is 0. The van der Waals surface area contributed by atoms with Gasteiger partial charge in [0.1, 0.15) is 5.78 Å². The molecular formula is C21H28N2O2. The molecule has 25 heavy (non-hydrogen) atoms. The molecule has 2 aromatic rings. The fourth-order valence-corrected chi connectivity index (χ4v) is 2.71. The molecule has 0 aliphatic carbocycles. The number of aromatic nitrogens is 2. The van der Waals surface area contributed by atoms with Crippen molar-refractivity contribution in [1.29, 1.82) is 0 Å². The molecule has 2 rings (SSSR count). The van der Waals surface area contributed by atoms with Gasteiger partial charge in [0.05, 0.1) is 30.4 Å². The molecule has 1 aromatic heterocycles. The van der Waals surface area contributed by atoms with E-state index in [2.05, 4.69) is 23.8 Å². The molecule has 0 saturated carbocycles. The van der Waals surface area contributed by atoms with Gasteiger partial charge in [0.2, 0.25) is 0 Å². The van der Waals surface area contributed by atoms with Gasteiger partial charge >= 0.3 is 0 Å². The van der Waals surface area contributed by atoms with Crippen LogP contribution in [0.25, 0.3) is 11.3 Å². The van der Waals surface area contributed by atoms with Crippen LogP contribution in [-0.4, -0.2) is 22.9 Å². The van der Waals surface area contributed by atoms with E-state index in [0.717, 1.165) is 28.9 Å². The van der Waals surface area contributed by atoms with Crippen molar-refractivity contribution >= 4 is 5.78 Å². The van der Waals surface area contributed by atoms with Crippen LogP contribution in [0.2, 0.25) is 0 Å². The number of carbonyl (C=O) groups is 1. The van der Waals surface area contributed by atoms with Crippen LogP contribution in [0.1, 0.15) is 51.8 Å². The third-order valence-corrected chi connectivity index (χ3v) is 4.52. The topological polar surface area (TPSA) is 52.1 Å². The van der Waals surface area contributed by atoms with Crippen LogP contribution in [-0.2, 0) is 21.6 Å². The Morgan fingerprint density at radius 1 is 1.16 bits per heavy atom. The van der Waals surface area contributed by atoms with Crippen LogP contribution in [0.5, 0.6) is 0 Å². The average Bonchev–Trinajstić information content (AvgIpc) is 2.60. The maximum absolute atomic E-state index is 12.6. The van der Waals surface area contributed by atoms with Crippen LogP contribution in [0.15, 0.2) is 36.7 Å². The molecular weight excluding hydrogens is 312 g/mol. The molecule has 1 aromatic carbocycles. The molecule has 4 nitrogen and oxygen atoms in total. The first-order chi connectivity index (χ1) is 11.8. The largest absolute Gasteiger partial charge is 0.378 e. The van der Waals surface area contributed by atoms with Crippen LogP contribution in [0.4, 0.5) is 0 Å². The molecule has 0 aliphatic heterocycles. The fourth-order valence-electron chi connectivity index (χ4n) is 2.71. The molecule has 4 heteroatoms. The monoisotopic (exact) mass is 340 g/mol. The summed E-state index contributed by atoms with van der Waals surface area (Å²) < 4.78 is 5.11. The van der Waals surface area contributed by atoms with Crippen molar-refractivity contribution in [1.82, 2.24) is 9.97 Å². The highest BCUT2D eigenvalue weighted by Crippen LogP contribution is 2.29. The molecule has 0 N–H and O–H groups in total. The number of methoxy groups -OCH3 is 1. The Bertz CT molecular complexity index is 706. The van der Waals surface area contributed by atoms with E-state index in [1.165, 1.54) is 0 Å². The van der Waals surface area contributed by atoms with Crippen LogP contribution in [0, 0.1) is 5.92 Å². The van der Waals surface area contributed by atoms with Crippen molar-refractivity contribution < 1.29 is 9.53 Å². The van der Waals surface area contributed by atoms with Crippen molar-refractivity contribution in [2.45, 2.75) is 52.6 Å². The Morgan fingerprint density at radius 3 is 2.44 bits per heavy atom. The number of rotatable bonds is 8. The lowest BCUT2D eigenvalue weighted by atomic mass is 9.78. The molecule has 0 aliphatic rings. The number of nitrogens with zero attached hydrogens (tertiary/aromatic N) is 2. The minimum atomic E-state index is -0.475. The first-order valence-corrected chi connectivity index (χ1v) is 8.78. The first-order valence-electron chi connectivity index (χ1n) is 8.78. The van der Waals surface area contributed by atoms with Gasteiger partial charge in [-0.3, -0.25) is 9.78 Å². The summed E-state index contributed by atoms with van der Waals surface area (Å²) in [5.74, 6) is 0.830. The van der Waals surface area contributed by atoms with Gasteiger partial charge in [0, 0.05) is 24.5 Å². The summed E-state index contributed by atoms with van der Waals surface area (Å²) in [6.45, 7) is 8.74. The number of hydrogen-bond donors (Lipinski definition) is 0. The lowest BCUT2D eigenvalue weighted by Gasteiger charge is -2.24. The van der Waals surface area contributed by atoms with Crippen LogP contribution in [0.3, 0.4) is 0 Å². The highest BCUT2D eigenvalue weighted by molar-refractivity contribution is 5.89. The van der Waals surface area contributed by atoms with E-state index in [0.29, 0.717) is 18.9 Å². The van der Waals surface area contributed by atoms with Gasteiger partial charge < -0.3 is 4.74 Å². The summed E-state index contributed by atoms with van der Waals surface area (Å²) in [6.07, 6.45) is 5.00. The van der Waals surface area contributed by atoms with Crippen molar-refractivity contribution in [3.05, 3.63) is 47.9 Å². The summed E-state index contributed by atoms with van der Waals surface area (Å²) in [7, 11) is 1.64. The molecule has 0 atom stereocenters. The predicted molar refractivity (Wildman–Crippen MR) is 100 cm³/mol. The zero-order chi connectivity index (χ0) is 18.4. The van der Waals surface area contributed by atoms with Gasteiger partial charge in [0.25, 0.3) is 0 Å². The minimum Gasteiger partial charge on any atom is -0.378 e. The second kappa shape index (κ2) is 8.34. The molecule has 1 heterocycles. The molecule has 0 unspecified atom stereocenters. The quantitative estimate of drug-likeness (QED) is 0.706. The van der Waals surface area contributed by atoms with Crippen molar-refractivity contribution in [3.8, 4) is 11.3 Å². The lowest BCUT2D eigenvalue weighted by molar-refractivity contribution is -0.123. The molecule has 134 valence electrons. The normalized spacial score (nSPS) is 11.8. The van der Waals surface area contributed by atoms with Crippen molar-refractivity contribution in [2.75, 3.05) is 7.11 Å². The Kier molecular flexibility index (Phi) is 6.43. The van der Waals surface area contributed by atoms with E-state index in [1.54, 1.807) is 19.5 Å². The summed E-state index contributed by atoms with van der Waals surface area (Å²) in [4.78, 5) is 21.4. The minimum absolute atomic E-state index is 0.288. The number of benzene rings is 1. The number of carbonyl (C=O) groups excluding carboxylic acids is 1. The van der Waals surface area contributed by atoms with E-state index < -0.39 is 5.41 Å². The van der Waals surface area contributed by atoms with Gasteiger partial charge in [-0.15, -0.1) is 0 Å². The molecule has 0 bridgehead atoms. The number of hydrogen-bond acceptors (Lipinski definition) is 4. The van der Waals surface area contributed by atoms with E-state index in [-0.39, 0.29) is 5.78 Å². The highest BCUT2D eigenvalue weighted by atomic mass is 16.5. The van der Waals surface area contributed by atoms with E-state index in [1.807, 2.05) is 38.1 Å². The van der Waals surface area contributed by atoms with Gasteiger partial charge in [-0.1, -0.05) is 38.1 Å². The average molecular weight is 340 g/mol. The Hall–Kier alpha value is -2.07. The molecule has 0 fully saturated rings. The lowest BCUT2D eigenvalue weighted by Crippen LogP contribution is -2.29. The highest BCUT2D eigenvalue weighted by Gasteiger charge is 2.29. The van der Waals surface area contributed by atoms with E-state index >= 15 is 0 Å². The fraction of sp³-hybridized carbons (Fsp3) is 0.476. The summed E-state index contributed by atoms with van der Waals surface area (Å²) >= 11 is 0. The van der Waals surface area contributed by atoms with Crippen LogP contribution < -0.4 is 0 Å². The second-order valence-corrected chi connectivity index (χ2v) is 7.39. The van der Waals surface area contributed by atoms with Gasteiger partial charge in [-0.2, -0.15) is 0 Å². The molecule has 0 amide bonds. The smallest absolute Gasteiger partial charge is 0.142 e. The van der Waals surface area contributed by atoms with Gasteiger partial charge in [-0.25, -0.2) is 4.98 Å². The van der Waals surface area contributed by atoms with Crippen LogP contribution >= 0.6 is 0 Å². The molecule has 0 spiro atoms. The Morgan fingerprint density at radius 2 is 1.84 bits per heavy atom. The number of ether oxygens (including phenoxy) is 1. The standard InChI is InChI=1S/C21H28N2O2/c1-15(2)6-11-20(24)21(3,4)17-9-7-16(8-10-17)19-13-22-12-18(23-19)14-25-5/h7-10,12-13,15H,6,11,14H2,1-5H3. The summed E-state index contributed by atoms with van der Waals surface area (Å²) in [5.41, 5.74) is 3.15. The predicted octanol–water partition coefficient (Wildman–Crippen LogP) is 4.57. The molecule has 0 radical (unpaired) electrons. The zero-order valence-electron chi connectivity index (χ0n) is 15.9. The third-order valence-electron chi connectivity index (χ3n) is 4.52.